The maximum absolute atomic E-state index is 12.5. The molecule has 0 aromatic heterocycles. The third-order valence-corrected chi connectivity index (χ3v) is 6.42. The van der Waals surface area contributed by atoms with Crippen molar-refractivity contribution in [1.82, 2.24) is 4.90 Å². The van der Waals surface area contributed by atoms with Crippen LogP contribution in [0.3, 0.4) is 0 Å². The lowest BCUT2D eigenvalue weighted by atomic mass is 10.1. The molecule has 9 heteroatoms. The van der Waals surface area contributed by atoms with E-state index in [0.29, 0.717) is 69.3 Å². The molecule has 1 saturated heterocycles. The number of amides is 1. The highest BCUT2D eigenvalue weighted by Crippen LogP contribution is 2.39. The number of thiocarbonyl (C=S) groups is 1. The lowest BCUT2D eigenvalue weighted by Crippen LogP contribution is -2.27. The third-order valence-electron chi connectivity index (χ3n) is 4.45. The summed E-state index contributed by atoms with van der Waals surface area (Å²) in [6, 6.07) is 10.9. The molecule has 1 heterocycles. The average Bonchev–Trinajstić information content (AvgIpc) is 3.03. The van der Waals surface area contributed by atoms with Crippen molar-refractivity contribution in [2.24, 2.45) is 0 Å². The van der Waals surface area contributed by atoms with E-state index < -0.39 is 0 Å². The number of thioether (sulfide) groups is 1. The maximum atomic E-state index is 12.5. The van der Waals surface area contributed by atoms with Crippen LogP contribution in [0.25, 0.3) is 6.08 Å². The molecule has 2 aromatic carbocycles. The second-order valence-electron chi connectivity index (χ2n) is 6.67. The predicted molar refractivity (Wildman–Crippen MR) is 135 cm³/mol. The fourth-order valence-corrected chi connectivity index (χ4v) is 4.82. The summed E-state index contributed by atoms with van der Waals surface area (Å²) in [5.41, 5.74) is 0.740. The Labute approximate surface area is 207 Å². The van der Waals surface area contributed by atoms with Gasteiger partial charge in [-0.3, -0.25) is 9.69 Å². The summed E-state index contributed by atoms with van der Waals surface area (Å²) in [6.45, 7) is 5.60. The molecule has 0 atom stereocenters. The summed E-state index contributed by atoms with van der Waals surface area (Å²) in [7, 11) is 0. The van der Waals surface area contributed by atoms with E-state index in [4.69, 9.17) is 49.6 Å². The van der Waals surface area contributed by atoms with Crippen LogP contribution < -0.4 is 14.2 Å². The lowest BCUT2D eigenvalue weighted by Gasteiger charge is -2.15. The maximum Gasteiger partial charge on any atom is 0.266 e. The van der Waals surface area contributed by atoms with Crippen LogP contribution in [-0.4, -0.2) is 41.5 Å². The third kappa shape index (κ3) is 6.10. The van der Waals surface area contributed by atoms with Crippen LogP contribution in [0.5, 0.6) is 17.2 Å². The number of nitrogens with zero attached hydrogens (tertiary/aromatic N) is 1. The van der Waals surface area contributed by atoms with Crippen LogP contribution in [0.1, 0.15) is 25.8 Å². The summed E-state index contributed by atoms with van der Waals surface area (Å²) in [5, 5.41) is 0.974. The van der Waals surface area contributed by atoms with Gasteiger partial charge in [-0.25, -0.2) is 0 Å². The Kier molecular flexibility index (Phi) is 9.11. The van der Waals surface area contributed by atoms with Gasteiger partial charge in [0, 0.05) is 13.0 Å². The lowest BCUT2D eigenvalue weighted by molar-refractivity contribution is -0.121. The Bertz CT molecular complexity index is 1030. The van der Waals surface area contributed by atoms with Crippen molar-refractivity contribution in [3.8, 4) is 17.2 Å². The Hall–Kier alpha value is -1.93. The zero-order chi connectivity index (χ0) is 23.1. The number of halogens is 2. The topological polar surface area (TPSA) is 48.0 Å². The van der Waals surface area contributed by atoms with Gasteiger partial charge in [0.1, 0.15) is 10.1 Å². The molecule has 170 valence electrons. The van der Waals surface area contributed by atoms with E-state index >= 15 is 0 Å². The molecule has 1 amide bonds. The Balaban J connectivity index is 1.66. The molecule has 1 fully saturated rings. The molecular formula is C23H23Cl2NO4S2. The highest BCUT2D eigenvalue weighted by atomic mass is 35.5. The standard InChI is InChI=1S/C23H23Cl2NO4S2/c1-3-26-22(27)20(32-23(26)31)14-15-12-17(25)21(19(13-15)28-4-2)30-11-7-10-29-18-9-6-5-8-16(18)24/h5-6,8-9,12-14H,3-4,7,10-11H2,1-2H3. The SMILES string of the molecule is CCOc1cc(C=C2SC(=S)N(CC)C2=O)cc(Cl)c1OCCCOc1ccccc1Cl. The van der Waals surface area contributed by atoms with E-state index in [-0.39, 0.29) is 5.91 Å². The zero-order valence-corrected chi connectivity index (χ0v) is 20.9. The van der Waals surface area contributed by atoms with Crippen molar-refractivity contribution in [2.45, 2.75) is 20.3 Å². The largest absolute Gasteiger partial charge is 0.492 e. The van der Waals surface area contributed by atoms with E-state index in [9.17, 15) is 4.79 Å². The Morgan fingerprint density at radius 1 is 1.03 bits per heavy atom. The molecule has 0 aliphatic carbocycles. The van der Waals surface area contributed by atoms with Crippen LogP contribution in [0.15, 0.2) is 41.3 Å². The quantitative estimate of drug-likeness (QED) is 0.207. The molecule has 0 spiro atoms. The number of hydrogen-bond acceptors (Lipinski definition) is 6. The van der Waals surface area contributed by atoms with Crippen molar-refractivity contribution in [3.05, 3.63) is 56.9 Å². The van der Waals surface area contributed by atoms with Gasteiger partial charge in [0.15, 0.2) is 11.5 Å². The molecule has 1 aliphatic rings. The molecule has 0 N–H and O–H groups in total. The van der Waals surface area contributed by atoms with Crippen molar-refractivity contribution in [1.29, 1.82) is 0 Å². The second kappa shape index (κ2) is 11.8. The molecule has 5 nitrogen and oxygen atoms in total. The van der Waals surface area contributed by atoms with Gasteiger partial charge < -0.3 is 14.2 Å². The molecule has 0 radical (unpaired) electrons. The van der Waals surface area contributed by atoms with Crippen LogP contribution in [0.4, 0.5) is 0 Å². The van der Waals surface area contributed by atoms with Gasteiger partial charge in [-0.05, 0) is 49.8 Å². The fourth-order valence-electron chi connectivity index (χ4n) is 2.98. The second-order valence-corrected chi connectivity index (χ2v) is 9.16. The number of benzene rings is 2. The van der Waals surface area contributed by atoms with Crippen LogP contribution in [-0.2, 0) is 4.79 Å². The Morgan fingerprint density at radius 3 is 2.47 bits per heavy atom. The summed E-state index contributed by atoms with van der Waals surface area (Å²) in [6.07, 6.45) is 2.40. The van der Waals surface area contributed by atoms with Gasteiger partial charge in [0.05, 0.1) is 34.8 Å². The fraction of sp³-hybridized carbons (Fsp3) is 0.304. The van der Waals surface area contributed by atoms with E-state index in [1.54, 1.807) is 23.1 Å². The zero-order valence-electron chi connectivity index (χ0n) is 17.7. The highest BCUT2D eigenvalue weighted by Gasteiger charge is 2.30. The average molecular weight is 512 g/mol. The number of carbonyl (C=O) groups excluding carboxylic acids is 1. The molecule has 0 saturated carbocycles. The minimum absolute atomic E-state index is 0.101. The molecular weight excluding hydrogens is 489 g/mol. The number of rotatable bonds is 10. The van der Waals surface area contributed by atoms with Gasteiger partial charge in [-0.2, -0.15) is 0 Å². The first-order valence-corrected chi connectivity index (χ1v) is 12.1. The van der Waals surface area contributed by atoms with Crippen molar-refractivity contribution in [3.63, 3.8) is 0 Å². The number of para-hydroxylation sites is 1. The van der Waals surface area contributed by atoms with Crippen LogP contribution >= 0.6 is 47.2 Å². The summed E-state index contributed by atoms with van der Waals surface area (Å²) < 4.78 is 17.9. The van der Waals surface area contributed by atoms with Crippen molar-refractivity contribution >= 4 is 63.5 Å². The monoisotopic (exact) mass is 511 g/mol. The predicted octanol–water partition coefficient (Wildman–Crippen LogP) is 6.46. The van der Waals surface area contributed by atoms with Gasteiger partial charge in [0.25, 0.3) is 5.91 Å². The summed E-state index contributed by atoms with van der Waals surface area (Å²) >= 11 is 19.1. The number of ether oxygens (including phenoxy) is 3. The smallest absolute Gasteiger partial charge is 0.266 e. The first-order chi connectivity index (χ1) is 15.4. The number of hydrogen-bond donors (Lipinski definition) is 0. The molecule has 0 bridgehead atoms. The first kappa shape index (κ1) is 24.7. The highest BCUT2D eigenvalue weighted by molar-refractivity contribution is 8.26. The molecule has 32 heavy (non-hydrogen) atoms. The minimum Gasteiger partial charge on any atom is -0.492 e. The summed E-state index contributed by atoms with van der Waals surface area (Å²) in [4.78, 5) is 14.6. The summed E-state index contributed by atoms with van der Waals surface area (Å²) in [5.74, 6) is 1.52. The van der Waals surface area contributed by atoms with E-state index in [2.05, 4.69) is 0 Å². The van der Waals surface area contributed by atoms with E-state index in [0.717, 1.165) is 5.56 Å². The molecule has 3 rings (SSSR count). The molecule has 1 aliphatic heterocycles. The van der Waals surface area contributed by atoms with Gasteiger partial charge in [0.2, 0.25) is 0 Å². The molecule has 2 aromatic rings. The van der Waals surface area contributed by atoms with E-state index in [1.165, 1.54) is 11.8 Å². The number of likely N-dealkylation sites (N-methyl/N-ethyl adjacent to an activating group) is 1. The van der Waals surface area contributed by atoms with Gasteiger partial charge in [-0.1, -0.05) is 59.3 Å². The number of carbonyl (C=O) groups is 1. The Morgan fingerprint density at radius 2 is 1.78 bits per heavy atom. The van der Waals surface area contributed by atoms with Crippen molar-refractivity contribution in [2.75, 3.05) is 26.4 Å². The first-order valence-electron chi connectivity index (χ1n) is 10.2. The normalized spacial score (nSPS) is 14.9. The van der Waals surface area contributed by atoms with Crippen LogP contribution in [0.2, 0.25) is 10.0 Å². The van der Waals surface area contributed by atoms with E-state index in [1.807, 2.05) is 38.1 Å². The molecule has 0 unspecified atom stereocenters. The van der Waals surface area contributed by atoms with Crippen LogP contribution in [0, 0.1) is 0 Å². The van der Waals surface area contributed by atoms with Crippen molar-refractivity contribution < 1.29 is 19.0 Å². The van der Waals surface area contributed by atoms with Gasteiger partial charge >= 0.3 is 0 Å². The van der Waals surface area contributed by atoms with Gasteiger partial charge in [-0.15, -0.1) is 0 Å². The minimum atomic E-state index is -0.101.